The normalized spacial score (nSPS) is 12.7. The molecule has 11 aromatic rings. The summed E-state index contributed by atoms with van der Waals surface area (Å²) in [5, 5.41) is 13.1. The summed E-state index contributed by atoms with van der Waals surface area (Å²) < 4.78 is 78.6. The number of carbonyl (C=O) groups is 3. The summed E-state index contributed by atoms with van der Waals surface area (Å²) in [5.41, 5.74) is 11.6. The van der Waals surface area contributed by atoms with E-state index >= 15 is 0 Å². The van der Waals surface area contributed by atoms with Gasteiger partial charge < -0.3 is 48.1 Å². The zero-order valence-corrected chi connectivity index (χ0v) is 54.5. The van der Waals surface area contributed by atoms with E-state index in [-0.39, 0.29) is 43.8 Å². The third-order valence-electron chi connectivity index (χ3n) is 16.2. The SMILES string of the molecule is COC(=O)c1cc(Br)c2cc(Cc3ccc(F)cc3)cnc2c1OCc1ccccc1.COC(=O)c1cc(N2CCOCC2)c2cc(Cc3ccc(F)cc3)cnc2c1O.COC(=O)c1cc(N2CCOCC2)c2cc(Cc3ccc(F)cc3)cnc2c1OCc1ccccc1.[BH4-]. The van der Waals surface area contributed by atoms with Gasteiger partial charge in [0.15, 0.2) is 17.2 Å². The van der Waals surface area contributed by atoms with E-state index in [0.29, 0.717) is 122 Å². The number of nitrogens with zero attached hydrogens (tertiary/aromatic N) is 5. The Morgan fingerprint density at radius 1 is 0.443 bits per heavy atom. The maximum atomic E-state index is 13.4. The molecule has 0 unspecified atom stereocenters. The van der Waals surface area contributed by atoms with Gasteiger partial charge in [-0.2, -0.15) is 0 Å². The maximum absolute atomic E-state index is 13.4. The number of pyridine rings is 3. The number of morpholine rings is 2. The van der Waals surface area contributed by atoms with Crippen molar-refractivity contribution >= 4 is 86.3 Å². The van der Waals surface area contributed by atoms with Crippen molar-refractivity contribution in [3.8, 4) is 17.2 Å². The van der Waals surface area contributed by atoms with Crippen molar-refractivity contribution < 1.29 is 65.8 Å². The molecule has 2 saturated heterocycles. The number of carbonyl (C=O) groups excluding carboxylic acids is 3. The lowest BCUT2D eigenvalue weighted by Gasteiger charge is -2.30. The van der Waals surface area contributed by atoms with Crippen LogP contribution in [0.4, 0.5) is 24.5 Å². The first kappa shape index (κ1) is 69.5. The van der Waals surface area contributed by atoms with E-state index in [1.54, 1.807) is 67.1 Å². The minimum atomic E-state index is -0.615. The molecular formula is C76H71BBrF3N5O11-. The minimum absolute atomic E-state index is 0. The molecule has 21 heteroatoms. The molecule has 498 valence electrons. The number of phenolic OH excluding ortho intramolecular Hbond substituents is 1. The Morgan fingerprint density at radius 3 is 1.19 bits per heavy atom. The van der Waals surface area contributed by atoms with Crippen molar-refractivity contribution in [1.29, 1.82) is 0 Å². The van der Waals surface area contributed by atoms with Crippen LogP contribution in [0.5, 0.6) is 17.2 Å². The van der Waals surface area contributed by atoms with Crippen molar-refractivity contribution in [3.63, 3.8) is 0 Å². The first-order valence-corrected chi connectivity index (χ1v) is 31.7. The number of hydrogen-bond donors (Lipinski definition) is 1. The second kappa shape index (κ2) is 32.9. The zero-order valence-electron chi connectivity index (χ0n) is 52.9. The summed E-state index contributed by atoms with van der Waals surface area (Å²) in [7, 11) is 3.97. The molecule has 0 saturated carbocycles. The Bertz CT molecular complexity index is 4550. The molecule has 0 amide bonds. The van der Waals surface area contributed by atoms with Gasteiger partial charge in [0.05, 0.1) is 47.8 Å². The summed E-state index contributed by atoms with van der Waals surface area (Å²) in [6.45, 7) is 5.68. The highest BCUT2D eigenvalue weighted by atomic mass is 79.9. The van der Waals surface area contributed by atoms with Gasteiger partial charge in [0.25, 0.3) is 0 Å². The highest BCUT2D eigenvalue weighted by Gasteiger charge is 2.27. The average molecular weight is 1380 g/mol. The standard InChI is InChI=1S/C29H27FN2O4.C25H19BrFNO3.C22H21FN2O4.BH4/c1-34-29(33)25-17-26(32-11-13-35-14-12-32)24-16-22(15-20-7-9-23(30)10-8-20)18-31-27(24)28(25)36-19-21-5-3-2-4-6-21;1-30-25(29)21-13-22(26)20-12-18(11-16-7-9-19(27)10-8-16)14-28-23(20)24(21)31-15-17-5-3-2-4-6-17;1-28-22(27)18-12-19(25-6-8-29-9-7-25)17-11-15(13-24-20(17)21(18)26)10-14-2-4-16(23)5-3-14;/h2-10,16-18H,11-15,19H2,1H3;2-10,12-14H,11,15H2,1H3;2-5,11-13,26H,6-10H2,1H3;1H4/q;;;-1. The van der Waals surface area contributed by atoms with Crippen molar-refractivity contribution in [3.05, 3.63) is 272 Å². The van der Waals surface area contributed by atoms with E-state index in [0.717, 1.165) is 72.0 Å². The lowest BCUT2D eigenvalue weighted by Crippen LogP contribution is -2.36. The molecule has 0 aliphatic carbocycles. The molecule has 16 nitrogen and oxygen atoms in total. The van der Waals surface area contributed by atoms with E-state index in [4.69, 9.17) is 38.1 Å². The first-order chi connectivity index (χ1) is 46.7. The van der Waals surface area contributed by atoms with Crippen LogP contribution >= 0.6 is 15.9 Å². The van der Waals surface area contributed by atoms with Crippen molar-refractivity contribution in [1.82, 2.24) is 15.0 Å². The maximum Gasteiger partial charge on any atom is 0.341 e. The van der Waals surface area contributed by atoms with E-state index in [2.05, 4.69) is 41.8 Å². The van der Waals surface area contributed by atoms with Gasteiger partial charge in [0.1, 0.15) is 63.9 Å². The molecule has 0 atom stereocenters. The zero-order chi connectivity index (χ0) is 67.1. The molecule has 2 aliphatic heterocycles. The van der Waals surface area contributed by atoms with Gasteiger partial charge in [0, 0.05) is 76.8 Å². The van der Waals surface area contributed by atoms with Crippen LogP contribution in [-0.4, -0.2) is 120 Å². The highest BCUT2D eigenvalue weighted by molar-refractivity contribution is 9.10. The van der Waals surface area contributed by atoms with Gasteiger partial charge in [-0.1, -0.05) is 121 Å². The van der Waals surface area contributed by atoms with Gasteiger partial charge in [-0.15, -0.1) is 0 Å². The Morgan fingerprint density at radius 2 is 0.784 bits per heavy atom. The molecule has 97 heavy (non-hydrogen) atoms. The van der Waals surface area contributed by atoms with E-state index in [9.17, 15) is 32.7 Å². The highest BCUT2D eigenvalue weighted by Crippen LogP contribution is 2.41. The van der Waals surface area contributed by atoms with Gasteiger partial charge in [-0.05, 0) is 137 Å². The second-order valence-corrected chi connectivity index (χ2v) is 23.5. The quantitative estimate of drug-likeness (QED) is 0.0516. The van der Waals surface area contributed by atoms with Crippen LogP contribution in [0.3, 0.4) is 0 Å². The van der Waals surface area contributed by atoms with Crippen LogP contribution in [0, 0.1) is 17.5 Å². The van der Waals surface area contributed by atoms with Crippen LogP contribution in [0.15, 0.2) is 193 Å². The molecule has 8 aromatic carbocycles. The number of phenols is 1. The number of halogens is 4. The van der Waals surface area contributed by atoms with Crippen LogP contribution < -0.4 is 19.3 Å². The van der Waals surface area contributed by atoms with E-state index < -0.39 is 17.9 Å². The topological polar surface area (TPSA) is 181 Å². The number of rotatable bonds is 17. The summed E-state index contributed by atoms with van der Waals surface area (Å²) in [5.74, 6) is -1.82. The van der Waals surface area contributed by atoms with Gasteiger partial charge >= 0.3 is 17.9 Å². The fourth-order valence-corrected chi connectivity index (χ4v) is 11.9. The van der Waals surface area contributed by atoms with Crippen LogP contribution in [0.25, 0.3) is 32.7 Å². The predicted octanol–water partition coefficient (Wildman–Crippen LogP) is 13.1. The molecule has 1 N–H and O–H groups in total. The summed E-state index contributed by atoms with van der Waals surface area (Å²) in [4.78, 5) is 55.5. The number of fused-ring (bicyclic) bond motifs is 3. The van der Waals surface area contributed by atoms with E-state index in [1.807, 2.05) is 78.9 Å². The predicted molar refractivity (Wildman–Crippen MR) is 375 cm³/mol. The van der Waals surface area contributed by atoms with Crippen LogP contribution in [0.2, 0.25) is 0 Å². The number of benzene rings is 8. The molecule has 5 heterocycles. The molecule has 3 aromatic heterocycles. The third-order valence-corrected chi connectivity index (χ3v) is 16.9. The molecule has 0 bridgehead atoms. The van der Waals surface area contributed by atoms with Gasteiger partial charge in [0.2, 0.25) is 0 Å². The second-order valence-electron chi connectivity index (χ2n) is 22.7. The number of ether oxygens (including phenoxy) is 7. The number of esters is 3. The number of methoxy groups -OCH3 is 3. The molecule has 2 aliphatic rings. The van der Waals surface area contributed by atoms with Crippen molar-refractivity contribution in [2.24, 2.45) is 0 Å². The molecular weight excluding hydrogens is 1310 g/mol. The Balaban J connectivity index is 0.000000158. The summed E-state index contributed by atoms with van der Waals surface area (Å²) in [6.07, 6.45) is 6.97. The average Bonchev–Trinajstić information content (AvgIpc) is 0.779. The monoisotopic (exact) mass is 1380 g/mol. The fourth-order valence-electron chi connectivity index (χ4n) is 11.3. The van der Waals surface area contributed by atoms with Gasteiger partial charge in [-0.3, -0.25) is 15.0 Å². The smallest absolute Gasteiger partial charge is 0.341 e. The van der Waals surface area contributed by atoms with Gasteiger partial charge in [-0.25, -0.2) is 27.6 Å². The molecule has 13 rings (SSSR count). The molecule has 2 fully saturated rings. The number of hydrogen-bond acceptors (Lipinski definition) is 16. The lowest BCUT2D eigenvalue weighted by molar-refractivity contribution is 0.0586. The van der Waals surface area contributed by atoms with Crippen molar-refractivity contribution in [2.75, 3.05) is 83.7 Å². The van der Waals surface area contributed by atoms with Crippen molar-refractivity contribution in [2.45, 2.75) is 32.5 Å². The molecule has 0 radical (unpaired) electrons. The largest absolute Gasteiger partial charge is 0.505 e. The van der Waals surface area contributed by atoms with E-state index in [1.165, 1.54) is 57.7 Å². The Labute approximate surface area is 569 Å². The van der Waals surface area contributed by atoms with Crippen LogP contribution in [-0.2, 0) is 56.2 Å². The number of aromatic hydroxyl groups is 1. The summed E-state index contributed by atoms with van der Waals surface area (Å²) in [6, 6.07) is 49.9. The third kappa shape index (κ3) is 17.2. The molecule has 0 spiro atoms. The fraction of sp³-hybridized carbons (Fsp3) is 0.211. The number of aromatic nitrogens is 3. The Hall–Kier alpha value is -10.3. The minimum Gasteiger partial charge on any atom is -0.505 e. The van der Waals surface area contributed by atoms with Crippen LogP contribution in [0.1, 0.15) is 75.6 Å². The first-order valence-electron chi connectivity index (χ1n) is 30.9. The Kier molecular flexibility index (Phi) is 23.5. The lowest BCUT2D eigenvalue weighted by atomic mass is 10.0. The number of anilines is 2. The summed E-state index contributed by atoms with van der Waals surface area (Å²) >= 11 is 3.55.